The third-order valence-electron chi connectivity index (χ3n) is 7.30. The van der Waals surface area contributed by atoms with Crippen molar-refractivity contribution < 1.29 is 19.4 Å². The van der Waals surface area contributed by atoms with Gasteiger partial charge in [0.05, 0.1) is 12.0 Å². The number of H-pyrrole nitrogens is 1. The standard InChI is InChI=1S/C29H31N5O4/c1-2-15-38-28(37)34(19-29(27(35)36)13-3-4-14-29)18-20-5-6-25-17-24(12-11-23(25)16-20)21-7-9-22(10-8-21)26-30-32-33-31-26/h5-12,16-17H,2-4,13-15,18-19H2,1H3,(H,35,36)(H,30,31,32,33). The lowest BCUT2D eigenvalue weighted by Gasteiger charge is -2.31. The number of hydrogen-bond donors (Lipinski definition) is 2. The summed E-state index contributed by atoms with van der Waals surface area (Å²) in [6.07, 6.45) is 3.14. The largest absolute Gasteiger partial charge is 0.481 e. The minimum absolute atomic E-state index is 0.154. The molecule has 1 aromatic heterocycles. The summed E-state index contributed by atoms with van der Waals surface area (Å²) in [5.41, 5.74) is 3.07. The van der Waals surface area contributed by atoms with Crippen molar-refractivity contribution in [3.05, 3.63) is 66.2 Å². The van der Waals surface area contributed by atoms with Crippen LogP contribution >= 0.6 is 0 Å². The number of benzene rings is 3. The molecule has 1 fully saturated rings. The van der Waals surface area contributed by atoms with Crippen molar-refractivity contribution in [2.45, 2.75) is 45.6 Å². The molecule has 1 aliphatic rings. The number of aromatic nitrogens is 4. The zero-order valence-electron chi connectivity index (χ0n) is 21.4. The van der Waals surface area contributed by atoms with Crippen molar-refractivity contribution in [2.75, 3.05) is 13.2 Å². The molecule has 38 heavy (non-hydrogen) atoms. The van der Waals surface area contributed by atoms with E-state index in [4.69, 9.17) is 4.74 Å². The molecule has 196 valence electrons. The summed E-state index contributed by atoms with van der Waals surface area (Å²) in [5, 5.41) is 26.2. The molecule has 0 saturated heterocycles. The molecule has 0 bridgehead atoms. The molecule has 0 unspecified atom stereocenters. The zero-order chi connectivity index (χ0) is 26.5. The fraction of sp³-hybridized carbons (Fsp3) is 0.345. The summed E-state index contributed by atoms with van der Waals surface area (Å²) in [6.45, 7) is 2.70. The number of ether oxygens (including phenoxy) is 1. The number of amides is 1. The maximum absolute atomic E-state index is 12.9. The quantitative estimate of drug-likeness (QED) is 0.295. The highest BCUT2D eigenvalue weighted by molar-refractivity contribution is 5.88. The van der Waals surface area contributed by atoms with Crippen molar-refractivity contribution >= 4 is 22.8 Å². The first-order valence-electron chi connectivity index (χ1n) is 13.0. The van der Waals surface area contributed by atoms with Crippen LogP contribution in [0.3, 0.4) is 0 Å². The van der Waals surface area contributed by atoms with E-state index in [1.807, 2.05) is 43.3 Å². The lowest BCUT2D eigenvalue weighted by atomic mass is 9.85. The van der Waals surface area contributed by atoms with E-state index in [2.05, 4.69) is 44.9 Å². The summed E-state index contributed by atoms with van der Waals surface area (Å²) in [5.74, 6) is -0.280. The van der Waals surface area contributed by atoms with Gasteiger partial charge in [0.25, 0.3) is 0 Å². The van der Waals surface area contributed by atoms with E-state index in [1.54, 1.807) is 4.90 Å². The Labute approximate surface area is 220 Å². The van der Waals surface area contributed by atoms with Gasteiger partial charge in [0, 0.05) is 18.7 Å². The van der Waals surface area contributed by atoms with E-state index in [1.165, 1.54) is 0 Å². The number of fused-ring (bicyclic) bond motifs is 1. The van der Waals surface area contributed by atoms with Gasteiger partial charge >= 0.3 is 12.1 Å². The van der Waals surface area contributed by atoms with E-state index < -0.39 is 17.5 Å². The van der Waals surface area contributed by atoms with Crippen LogP contribution in [0.1, 0.15) is 44.6 Å². The number of tetrazole rings is 1. The second-order valence-electron chi connectivity index (χ2n) is 9.97. The normalized spacial score (nSPS) is 14.4. The molecule has 0 aliphatic heterocycles. The Balaban J connectivity index is 1.36. The van der Waals surface area contributed by atoms with Gasteiger partial charge in [0.1, 0.15) is 0 Å². The Morgan fingerprint density at radius 2 is 1.66 bits per heavy atom. The number of nitrogens with zero attached hydrogens (tertiary/aromatic N) is 4. The van der Waals surface area contributed by atoms with Crippen LogP contribution in [0.2, 0.25) is 0 Å². The highest BCUT2D eigenvalue weighted by atomic mass is 16.6. The molecular weight excluding hydrogens is 482 g/mol. The first-order valence-corrected chi connectivity index (χ1v) is 13.0. The third-order valence-corrected chi connectivity index (χ3v) is 7.30. The smallest absolute Gasteiger partial charge is 0.410 e. The number of nitrogens with one attached hydrogen (secondary N) is 1. The molecule has 5 rings (SSSR count). The van der Waals surface area contributed by atoms with Crippen molar-refractivity contribution in [3.63, 3.8) is 0 Å². The fourth-order valence-electron chi connectivity index (χ4n) is 5.21. The molecule has 9 heteroatoms. The molecule has 0 radical (unpaired) electrons. The van der Waals surface area contributed by atoms with Crippen LogP contribution in [0.25, 0.3) is 33.3 Å². The lowest BCUT2D eigenvalue weighted by molar-refractivity contribution is -0.149. The number of carboxylic acids is 1. The van der Waals surface area contributed by atoms with Crippen molar-refractivity contribution in [3.8, 4) is 22.5 Å². The molecule has 4 aromatic rings. The maximum Gasteiger partial charge on any atom is 0.410 e. The number of aliphatic carboxylic acids is 1. The van der Waals surface area contributed by atoms with Gasteiger partial charge in [-0.1, -0.05) is 68.3 Å². The predicted molar refractivity (Wildman–Crippen MR) is 143 cm³/mol. The lowest BCUT2D eigenvalue weighted by Crippen LogP contribution is -2.44. The second kappa shape index (κ2) is 11.0. The van der Waals surface area contributed by atoms with Gasteiger partial charge < -0.3 is 14.7 Å². The Morgan fingerprint density at radius 3 is 2.34 bits per heavy atom. The molecule has 1 heterocycles. The van der Waals surface area contributed by atoms with E-state index in [-0.39, 0.29) is 6.54 Å². The van der Waals surface area contributed by atoms with Crippen LogP contribution in [0.15, 0.2) is 60.7 Å². The van der Waals surface area contributed by atoms with Crippen LogP contribution in [-0.2, 0) is 16.1 Å². The Kier molecular flexibility index (Phi) is 7.35. The first kappa shape index (κ1) is 25.4. The molecule has 0 atom stereocenters. The molecule has 0 spiro atoms. The second-order valence-corrected chi connectivity index (χ2v) is 9.97. The molecule has 2 N–H and O–H groups in total. The van der Waals surface area contributed by atoms with Gasteiger partial charge in [-0.05, 0) is 64.1 Å². The van der Waals surface area contributed by atoms with Crippen LogP contribution in [0.4, 0.5) is 4.79 Å². The van der Waals surface area contributed by atoms with Gasteiger partial charge in [-0.2, -0.15) is 5.21 Å². The molecule has 9 nitrogen and oxygen atoms in total. The van der Waals surface area contributed by atoms with Gasteiger partial charge in [-0.25, -0.2) is 4.79 Å². The third kappa shape index (κ3) is 5.37. The van der Waals surface area contributed by atoms with Crippen LogP contribution in [0, 0.1) is 5.41 Å². The van der Waals surface area contributed by atoms with Gasteiger partial charge in [-0.15, -0.1) is 10.2 Å². The van der Waals surface area contributed by atoms with Crippen molar-refractivity contribution in [1.82, 2.24) is 25.5 Å². The predicted octanol–water partition coefficient (Wildman–Crippen LogP) is 5.68. The molecular formula is C29H31N5O4. The van der Waals surface area contributed by atoms with E-state index in [0.29, 0.717) is 38.2 Å². The highest BCUT2D eigenvalue weighted by Gasteiger charge is 2.43. The van der Waals surface area contributed by atoms with Crippen LogP contribution in [0.5, 0.6) is 0 Å². The minimum Gasteiger partial charge on any atom is -0.481 e. The Morgan fingerprint density at radius 1 is 0.974 bits per heavy atom. The monoisotopic (exact) mass is 513 g/mol. The summed E-state index contributed by atoms with van der Waals surface area (Å²) in [4.78, 5) is 26.6. The molecule has 1 amide bonds. The summed E-state index contributed by atoms with van der Waals surface area (Å²) < 4.78 is 5.43. The highest BCUT2D eigenvalue weighted by Crippen LogP contribution is 2.39. The summed E-state index contributed by atoms with van der Waals surface area (Å²) >= 11 is 0. The first-order chi connectivity index (χ1) is 18.5. The SMILES string of the molecule is CCCOC(=O)N(Cc1ccc2cc(-c3ccc(-c4nn[nH]n4)cc3)ccc2c1)CC1(C(=O)O)CCCC1. The van der Waals surface area contributed by atoms with Gasteiger partial charge in [0.15, 0.2) is 0 Å². The molecule has 1 aliphatic carbocycles. The number of carbonyl (C=O) groups is 2. The summed E-state index contributed by atoms with van der Waals surface area (Å²) in [7, 11) is 0. The zero-order valence-corrected chi connectivity index (χ0v) is 21.4. The number of rotatable bonds is 9. The van der Waals surface area contributed by atoms with Crippen LogP contribution in [-0.4, -0.2) is 55.8 Å². The minimum atomic E-state index is -0.906. The van der Waals surface area contributed by atoms with E-state index >= 15 is 0 Å². The van der Waals surface area contributed by atoms with Crippen LogP contribution < -0.4 is 0 Å². The van der Waals surface area contributed by atoms with E-state index in [0.717, 1.165) is 45.9 Å². The Bertz CT molecular complexity index is 1410. The van der Waals surface area contributed by atoms with Crippen molar-refractivity contribution in [1.29, 1.82) is 0 Å². The van der Waals surface area contributed by atoms with Gasteiger partial charge in [-0.3, -0.25) is 4.79 Å². The molecule has 1 saturated carbocycles. The number of aromatic amines is 1. The maximum atomic E-state index is 12.9. The molecule has 3 aromatic carbocycles. The topological polar surface area (TPSA) is 121 Å². The summed E-state index contributed by atoms with van der Waals surface area (Å²) in [6, 6.07) is 20.4. The number of carboxylic acid groups (broad SMARTS) is 1. The van der Waals surface area contributed by atoms with E-state index in [9.17, 15) is 14.7 Å². The van der Waals surface area contributed by atoms with Gasteiger partial charge in [0.2, 0.25) is 5.82 Å². The number of hydrogen-bond acceptors (Lipinski definition) is 6. The van der Waals surface area contributed by atoms with Crippen molar-refractivity contribution in [2.24, 2.45) is 5.41 Å². The average molecular weight is 514 g/mol. The fourth-order valence-corrected chi connectivity index (χ4v) is 5.21. The average Bonchev–Trinajstić information content (AvgIpc) is 3.65. The number of carbonyl (C=O) groups excluding carboxylic acids is 1. The Hall–Kier alpha value is -4.27.